The smallest absolute Gasteiger partial charge is 0.310 e. The predicted octanol–water partition coefficient (Wildman–Crippen LogP) is 3.65. The minimum absolute atomic E-state index is 0.106. The normalized spacial score (nSPS) is 14.2. The van der Waals surface area contributed by atoms with Crippen molar-refractivity contribution in [1.29, 1.82) is 0 Å². The van der Waals surface area contributed by atoms with Gasteiger partial charge in [-0.15, -0.1) is 5.10 Å². The molecule has 0 radical (unpaired) electrons. The number of aromatic nitrogens is 3. The maximum Gasteiger partial charge on any atom is 0.310 e. The van der Waals surface area contributed by atoms with E-state index in [0.717, 1.165) is 24.4 Å². The van der Waals surface area contributed by atoms with E-state index in [9.17, 15) is 8.42 Å². The highest BCUT2D eigenvalue weighted by molar-refractivity contribution is 8.00. The van der Waals surface area contributed by atoms with Crippen LogP contribution in [0.4, 0.5) is 0 Å². The Hall–Kier alpha value is -2.32. The first-order valence-electron chi connectivity index (χ1n) is 8.73. The molecule has 0 bridgehead atoms. The van der Waals surface area contributed by atoms with Crippen molar-refractivity contribution >= 4 is 21.9 Å². The van der Waals surface area contributed by atoms with Crippen LogP contribution < -0.4 is 4.18 Å². The van der Waals surface area contributed by atoms with E-state index in [1.807, 2.05) is 41.1 Å². The van der Waals surface area contributed by atoms with E-state index in [4.69, 9.17) is 4.18 Å². The van der Waals surface area contributed by atoms with Crippen molar-refractivity contribution < 1.29 is 12.6 Å². The average Bonchev–Trinajstić information content (AvgIpc) is 3.43. The minimum atomic E-state index is -3.65. The fourth-order valence-electron chi connectivity index (χ4n) is 2.63. The molecule has 0 N–H and O–H groups in total. The molecule has 27 heavy (non-hydrogen) atoms. The van der Waals surface area contributed by atoms with Crippen LogP contribution >= 0.6 is 11.8 Å². The summed E-state index contributed by atoms with van der Waals surface area (Å²) >= 11 is 1.33. The summed E-state index contributed by atoms with van der Waals surface area (Å²) < 4.78 is 31.2. The third-order valence-electron chi connectivity index (χ3n) is 4.09. The van der Waals surface area contributed by atoms with Crippen molar-refractivity contribution in [2.75, 3.05) is 11.5 Å². The molecule has 0 spiro atoms. The lowest BCUT2D eigenvalue weighted by Crippen LogP contribution is -2.15. The highest BCUT2D eigenvalue weighted by Crippen LogP contribution is 2.40. The van der Waals surface area contributed by atoms with Crippen LogP contribution in [0.2, 0.25) is 0 Å². The maximum absolute atomic E-state index is 12.1. The molecule has 0 atom stereocenters. The van der Waals surface area contributed by atoms with Gasteiger partial charge in [-0.1, -0.05) is 48.2 Å². The van der Waals surface area contributed by atoms with Crippen molar-refractivity contribution in [3.63, 3.8) is 0 Å². The molecule has 0 aliphatic heterocycles. The highest BCUT2D eigenvalue weighted by Gasteiger charge is 2.30. The molecule has 140 valence electrons. The van der Waals surface area contributed by atoms with Crippen molar-refractivity contribution in [2.45, 2.75) is 23.9 Å². The molecule has 0 unspecified atom stereocenters. The summed E-state index contributed by atoms with van der Waals surface area (Å²) in [5.74, 6) is 1.94. The number of thioether (sulfide) groups is 1. The second-order valence-corrected chi connectivity index (χ2v) is 9.03. The van der Waals surface area contributed by atoms with Crippen LogP contribution in [0.3, 0.4) is 0 Å². The van der Waals surface area contributed by atoms with Gasteiger partial charge < -0.3 is 4.18 Å². The topological polar surface area (TPSA) is 74.1 Å². The summed E-state index contributed by atoms with van der Waals surface area (Å²) in [5, 5.41) is 5.17. The SMILES string of the molecule is O=S(=O)(CCSc1nc(C2CC2)n(-c2ccccc2)n1)Oc1ccccc1. The number of nitrogens with zero attached hydrogens (tertiary/aromatic N) is 3. The van der Waals surface area contributed by atoms with Crippen molar-refractivity contribution in [3.05, 3.63) is 66.5 Å². The predicted molar refractivity (Wildman–Crippen MR) is 105 cm³/mol. The second-order valence-electron chi connectivity index (χ2n) is 6.28. The quantitative estimate of drug-likeness (QED) is 0.424. The largest absolute Gasteiger partial charge is 0.382 e. The van der Waals surface area contributed by atoms with E-state index in [1.54, 1.807) is 24.3 Å². The summed E-state index contributed by atoms with van der Waals surface area (Å²) in [4.78, 5) is 4.63. The summed E-state index contributed by atoms with van der Waals surface area (Å²) in [6.07, 6.45) is 2.24. The third kappa shape index (κ3) is 4.70. The molecule has 4 rings (SSSR count). The zero-order valence-electron chi connectivity index (χ0n) is 14.6. The molecule has 1 heterocycles. The molecule has 0 saturated heterocycles. The molecule has 8 heteroatoms. The average molecular weight is 402 g/mol. The van der Waals surface area contributed by atoms with Crippen LogP contribution in [0, 0.1) is 0 Å². The monoisotopic (exact) mass is 401 g/mol. The van der Waals surface area contributed by atoms with Crippen molar-refractivity contribution in [1.82, 2.24) is 14.8 Å². The maximum atomic E-state index is 12.1. The molecule has 1 aliphatic rings. The number of para-hydroxylation sites is 2. The molecule has 1 aliphatic carbocycles. The lowest BCUT2D eigenvalue weighted by molar-refractivity contribution is 0.488. The molecule has 1 fully saturated rings. The Morgan fingerprint density at radius 2 is 1.70 bits per heavy atom. The van der Waals surface area contributed by atoms with Crippen LogP contribution in [0.25, 0.3) is 5.69 Å². The number of hydrogen-bond acceptors (Lipinski definition) is 6. The van der Waals surface area contributed by atoms with E-state index in [2.05, 4.69) is 10.1 Å². The Morgan fingerprint density at radius 1 is 1.04 bits per heavy atom. The van der Waals surface area contributed by atoms with Crippen molar-refractivity contribution in [3.8, 4) is 11.4 Å². The molecule has 6 nitrogen and oxygen atoms in total. The van der Waals surface area contributed by atoms with Crippen LogP contribution in [0.15, 0.2) is 65.8 Å². The lowest BCUT2D eigenvalue weighted by atomic mass is 10.3. The summed E-state index contributed by atoms with van der Waals surface area (Å²) in [6.45, 7) is 0. The Bertz CT molecular complexity index is 1000. The first kappa shape index (κ1) is 18.1. The van der Waals surface area contributed by atoms with Gasteiger partial charge in [0, 0.05) is 11.7 Å². The molecule has 3 aromatic rings. The fourth-order valence-corrected chi connectivity index (χ4v) is 4.75. The third-order valence-corrected chi connectivity index (χ3v) is 6.34. The number of hydrogen-bond donors (Lipinski definition) is 0. The first-order valence-corrected chi connectivity index (χ1v) is 11.3. The minimum Gasteiger partial charge on any atom is -0.382 e. The van der Waals surface area contributed by atoms with Gasteiger partial charge in [-0.3, -0.25) is 0 Å². The molecule has 0 amide bonds. The molecule has 1 saturated carbocycles. The standard InChI is InChI=1S/C19H19N3O3S2/c23-27(24,25-17-9-5-2-6-10-17)14-13-26-19-20-18(15-11-12-15)22(21-19)16-7-3-1-4-8-16/h1-10,15H,11-14H2. The summed E-state index contributed by atoms with van der Waals surface area (Å²) in [7, 11) is -3.65. The van der Waals surface area contributed by atoms with Gasteiger partial charge in [0.25, 0.3) is 0 Å². The Labute approximate surface area is 162 Å². The van der Waals surface area contributed by atoms with Crippen LogP contribution in [-0.4, -0.2) is 34.7 Å². The number of benzene rings is 2. The summed E-state index contributed by atoms with van der Waals surface area (Å²) in [5.41, 5.74) is 0.971. The van der Waals surface area contributed by atoms with E-state index < -0.39 is 10.1 Å². The van der Waals surface area contributed by atoms with Gasteiger partial charge in [-0.25, -0.2) is 9.67 Å². The Kier molecular flexibility index (Phi) is 5.18. The van der Waals surface area contributed by atoms with E-state index in [1.165, 1.54) is 11.8 Å². The fraction of sp³-hybridized carbons (Fsp3) is 0.263. The molecule has 1 aromatic heterocycles. The second kappa shape index (κ2) is 7.74. The van der Waals surface area contributed by atoms with Gasteiger partial charge in [-0.2, -0.15) is 8.42 Å². The molecular formula is C19H19N3O3S2. The number of rotatable bonds is 8. The first-order chi connectivity index (χ1) is 13.1. The van der Waals surface area contributed by atoms with Crippen LogP contribution in [0.5, 0.6) is 5.75 Å². The van der Waals surface area contributed by atoms with Gasteiger partial charge >= 0.3 is 10.1 Å². The van der Waals surface area contributed by atoms with Gasteiger partial charge in [-0.05, 0) is 37.1 Å². The van der Waals surface area contributed by atoms with E-state index in [-0.39, 0.29) is 5.75 Å². The Morgan fingerprint density at radius 3 is 2.37 bits per heavy atom. The summed E-state index contributed by atoms with van der Waals surface area (Å²) in [6, 6.07) is 18.4. The Balaban J connectivity index is 1.41. The van der Waals surface area contributed by atoms with Gasteiger partial charge in [0.2, 0.25) is 5.16 Å². The highest BCUT2D eigenvalue weighted by atomic mass is 32.2. The molecule has 2 aromatic carbocycles. The zero-order chi connectivity index (χ0) is 18.7. The van der Waals surface area contributed by atoms with E-state index in [0.29, 0.717) is 22.6 Å². The van der Waals surface area contributed by atoms with Gasteiger partial charge in [0.15, 0.2) is 0 Å². The van der Waals surface area contributed by atoms with E-state index >= 15 is 0 Å². The van der Waals surface area contributed by atoms with Crippen molar-refractivity contribution in [2.24, 2.45) is 0 Å². The van der Waals surface area contributed by atoms with Gasteiger partial charge in [0.05, 0.1) is 11.4 Å². The lowest BCUT2D eigenvalue weighted by Gasteiger charge is -2.05. The zero-order valence-corrected chi connectivity index (χ0v) is 16.2. The van der Waals surface area contributed by atoms with Crippen LogP contribution in [-0.2, 0) is 10.1 Å². The molecular weight excluding hydrogens is 382 g/mol. The van der Waals surface area contributed by atoms with Gasteiger partial charge in [0.1, 0.15) is 11.6 Å². The van der Waals surface area contributed by atoms with Crippen LogP contribution in [0.1, 0.15) is 24.6 Å².